The maximum Gasteiger partial charge on any atom is 0.573 e. The van der Waals surface area contributed by atoms with Crippen molar-refractivity contribution < 1.29 is 22.7 Å². The standard InChI is InChI=1S/C18H13BrF3N5O2/c1-17(9-23,10-27-25-14-7-4-12(19)8-15(14)26-27)24-16(28)11-2-5-13(6-3-11)29-18(20,21)22/h2-8H,10H2,1H3,(H,24,28). The Morgan fingerprint density at radius 3 is 2.48 bits per heavy atom. The molecule has 2 aromatic carbocycles. The average Bonchev–Trinajstić information content (AvgIpc) is 3.01. The first-order valence-electron chi connectivity index (χ1n) is 8.17. The SMILES string of the molecule is CC(C#N)(Cn1nc2ccc(Br)cc2n1)NC(=O)c1ccc(OC(F)(F)F)cc1. The second kappa shape index (κ2) is 7.71. The lowest BCUT2D eigenvalue weighted by Crippen LogP contribution is -2.48. The summed E-state index contributed by atoms with van der Waals surface area (Å²) in [6.45, 7) is 1.47. The van der Waals surface area contributed by atoms with E-state index in [1.54, 1.807) is 18.2 Å². The molecule has 1 aromatic heterocycles. The van der Waals surface area contributed by atoms with Gasteiger partial charge in [-0.05, 0) is 49.4 Å². The van der Waals surface area contributed by atoms with E-state index in [9.17, 15) is 23.2 Å². The first-order valence-corrected chi connectivity index (χ1v) is 8.96. The number of nitriles is 1. The number of amides is 1. The molecule has 1 atom stereocenters. The molecule has 0 aliphatic carbocycles. The fourth-order valence-corrected chi connectivity index (χ4v) is 2.87. The van der Waals surface area contributed by atoms with Gasteiger partial charge in [-0.1, -0.05) is 15.9 Å². The largest absolute Gasteiger partial charge is 0.573 e. The minimum absolute atomic E-state index is 0.0309. The number of hydrogen-bond acceptors (Lipinski definition) is 5. The summed E-state index contributed by atoms with van der Waals surface area (Å²) in [7, 11) is 0. The highest BCUT2D eigenvalue weighted by Crippen LogP contribution is 2.23. The van der Waals surface area contributed by atoms with Gasteiger partial charge in [0, 0.05) is 10.0 Å². The van der Waals surface area contributed by atoms with Crippen molar-refractivity contribution >= 4 is 32.9 Å². The number of carbonyl (C=O) groups is 1. The molecule has 1 amide bonds. The zero-order valence-corrected chi connectivity index (χ0v) is 16.5. The van der Waals surface area contributed by atoms with Crippen LogP contribution >= 0.6 is 15.9 Å². The number of halogens is 4. The predicted molar refractivity (Wildman–Crippen MR) is 99.8 cm³/mol. The summed E-state index contributed by atoms with van der Waals surface area (Å²) in [6.07, 6.45) is -4.82. The van der Waals surface area contributed by atoms with Gasteiger partial charge in [0.2, 0.25) is 0 Å². The Morgan fingerprint density at radius 2 is 1.86 bits per heavy atom. The second-order valence-electron chi connectivity index (χ2n) is 6.33. The van der Waals surface area contributed by atoms with Gasteiger partial charge in [0.25, 0.3) is 5.91 Å². The molecule has 1 unspecified atom stereocenters. The van der Waals surface area contributed by atoms with Crippen LogP contribution in [-0.4, -0.2) is 32.8 Å². The maximum atomic E-state index is 12.4. The topological polar surface area (TPSA) is 92.8 Å². The van der Waals surface area contributed by atoms with Gasteiger partial charge in [-0.3, -0.25) is 4.79 Å². The van der Waals surface area contributed by atoms with Gasteiger partial charge >= 0.3 is 6.36 Å². The summed E-state index contributed by atoms with van der Waals surface area (Å²) < 4.78 is 41.3. The number of fused-ring (bicyclic) bond motifs is 1. The summed E-state index contributed by atoms with van der Waals surface area (Å²) in [6, 6.07) is 11.7. The molecule has 0 radical (unpaired) electrons. The normalized spacial score (nSPS) is 13.5. The third-order valence-electron chi connectivity index (χ3n) is 3.83. The van der Waals surface area contributed by atoms with E-state index in [1.807, 2.05) is 6.07 Å². The van der Waals surface area contributed by atoms with Crippen molar-refractivity contribution in [1.29, 1.82) is 5.26 Å². The Balaban J connectivity index is 1.73. The van der Waals surface area contributed by atoms with Crippen LogP contribution in [-0.2, 0) is 6.54 Å². The summed E-state index contributed by atoms with van der Waals surface area (Å²) in [5.41, 5.74) is -0.0420. The smallest absolute Gasteiger partial charge is 0.406 e. The van der Waals surface area contributed by atoms with Crippen LogP contribution in [0.25, 0.3) is 11.0 Å². The molecule has 29 heavy (non-hydrogen) atoms. The Labute approximate surface area is 171 Å². The quantitative estimate of drug-likeness (QED) is 0.615. The number of nitrogens with zero attached hydrogens (tertiary/aromatic N) is 4. The van der Waals surface area contributed by atoms with E-state index < -0.39 is 23.6 Å². The minimum Gasteiger partial charge on any atom is -0.406 e. The summed E-state index contributed by atoms with van der Waals surface area (Å²) in [4.78, 5) is 13.7. The summed E-state index contributed by atoms with van der Waals surface area (Å²) in [5.74, 6) is -1.08. The van der Waals surface area contributed by atoms with E-state index in [1.165, 1.54) is 23.9 Å². The van der Waals surface area contributed by atoms with E-state index >= 15 is 0 Å². The Morgan fingerprint density at radius 1 is 1.21 bits per heavy atom. The van der Waals surface area contributed by atoms with Crippen LogP contribution < -0.4 is 10.1 Å². The highest BCUT2D eigenvalue weighted by atomic mass is 79.9. The lowest BCUT2D eigenvalue weighted by Gasteiger charge is -2.22. The summed E-state index contributed by atoms with van der Waals surface area (Å²) >= 11 is 3.34. The lowest BCUT2D eigenvalue weighted by atomic mass is 10.0. The molecule has 0 bridgehead atoms. The van der Waals surface area contributed by atoms with E-state index in [-0.39, 0.29) is 12.1 Å². The maximum absolute atomic E-state index is 12.4. The molecule has 11 heteroatoms. The van der Waals surface area contributed by atoms with Crippen molar-refractivity contribution in [2.24, 2.45) is 0 Å². The number of alkyl halides is 3. The summed E-state index contributed by atoms with van der Waals surface area (Å²) in [5, 5.41) is 20.7. The number of ether oxygens (including phenoxy) is 1. The Bertz CT molecular complexity index is 1090. The predicted octanol–water partition coefficient (Wildman–Crippen LogP) is 3.80. The lowest BCUT2D eigenvalue weighted by molar-refractivity contribution is -0.274. The van der Waals surface area contributed by atoms with Crippen molar-refractivity contribution in [2.45, 2.75) is 25.4 Å². The monoisotopic (exact) mass is 467 g/mol. The first kappa shape index (κ1) is 20.6. The second-order valence-corrected chi connectivity index (χ2v) is 7.25. The molecule has 0 aliphatic rings. The molecule has 0 aliphatic heterocycles. The van der Waals surface area contributed by atoms with Crippen LogP contribution in [0.15, 0.2) is 46.9 Å². The van der Waals surface area contributed by atoms with Gasteiger partial charge in [0.05, 0.1) is 12.6 Å². The molecule has 0 saturated carbocycles. The molecule has 0 spiro atoms. The van der Waals surface area contributed by atoms with Crippen LogP contribution in [0.5, 0.6) is 5.75 Å². The number of hydrogen-bond donors (Lipinski definition) is 1. The van der Waals surface area contributed by atoms with Crippen LogP contribution in [0, 0.1) is 11.3 Å². The number of aromatic nitrogens is 3. The van der Waals surface area contributed by atoms with Gasteiger partial charge in [0.1, 0.15) is 22.3 Å². The molecule has 7 nitrogen and oxygen atoms in total. The number of nitrogens with one attached hydrogen (secondary N) is 1. The highest BCUT2D eigenvalue weighted by molar-refractivity contribution is 9.10. The van der Waals surface area contributed by atoms with Crippen LogP contribution in [0.3, 0.4) is 0 Å². The average molecular weight is 468 g/mol. The molecule has 0 saturated heterocycles. The fourth-order valence-electron chi connectivity index (χ4n) is 2.52. The Hall–Kier alpha value is -3.13. The third-order valence-corrected chi connectivity index (χ3v) is 4.32. The van der Waals surface area contributed by atoms with Gasteiger partial charge in [-0.2, -0.15) is 20.3 Å². The number of rotatable bonds is 5. The van der Waals surface area contributed by atoms with Crippen molar-refractivity contribution in [3.05, 3.63) is 52.5 Å². The molecular formula is C18H13BrF3N5O2. The van der Waals surface area contributed by atoms with Crippen molar-refractivity contribution in [3.63, 3.8) is 0 Å². The van der Waals surface area contributed by atoms with Gasteiger partial charge < -0.3 is 10.1 Å². The highest BCUT2D eigenvalue weighted by Gasteiger charge is 2.31. The van der Waals surface area contributed by atoms with E-state index in [2.05, 4.69) is 36.2 Å². The first-order chi connectivity index (χ1) is 13.6. The fraction of sp³-hybridized carbons (Fsp3) is 0.222. The molecule has 3 aromatic rings. The van der Waals surface area contributed by atoms with Gasteiger partial charge in [-0.25, -0.2) is 0 Å². The molecule has 1 N–H and O–H groups in total. The van der Waals surface area contributed by atoms with Crippen molar-refractivity contribution in [3.8, 4) is 11.8 Å². The van der Waals surface area contributed by atoms with Crippen LogP contribution in [0.1, 0.15) is 17.3 Å². The van der Waals surface area contributed by atoms with Gasteiger partial charge in [0.15, 0.2) is 0 Å². The van der Waals surface area contributed by atoms with Gasteiger partial charge in [-0.15, -0.1) is 13.2 Å². The molecule has 3 rings (SSSR count). The molecule has 0 fully saturated rings. The Kier molecular flexibility index (Phi) is 5.48. The molecule has 1 heterocycles. The van der Waals surface area contributed by atoms with Crippen LogP contribution in [0.4, 0.5) is 13.2 Å². The van der Waals surface area contributed by atoms with E-state index in [0.29, 0.717) is 11.0 Å². The number of benzene rings is 2. The van der Waals surface area contributed by atoms with E-state index in [0.717, 1.165) is 16.6 Å². The third kappa shape index (κ3) is 5.23. The zero-order chi connectivity index (χ0) is 21.2. The van der Waals surface area contributed by atoms with E-state index in [4.69, 9.17) is 0 Å². The van der Waals surface area contributed by atoms with Crippen molar-refractivity contribution in [1.82, 2.24) is 20.3 Å². The molecular weight excluding hydrogens is 455 g/mol. The minimum atomic E-state index is -4.82. The van der Waals surface area contributed by atoms with Crippen LogP contribution in [0.2, 0.25) is 0 Å². The van der Waals surface area contributed by atoms with Crippen molar-refractivity contribution in [2.75, 3.05) is 0 Å². The number of carbonyl (C=O) groups excluding carboxylic acids is 1. The zero-order valence-electron chi connectivity index (χ0n) is 14.9. The molecule has 150 valence electrons.